The average Bonchev–Trinajstić information content (AvgIpc) is 2.22. The Bertz CT molecular complexity index is 300. The molecule has 90 valence electrons. The molecular weight excluding hydrogens is 226 g/mol. The van der Waals surface area contributed by atoms with Gasteiger partial charge in [0.15, 0.2) is 0 Å². The summed E-state index contributed by atoms with van der Waals surface area (Å²) in [6.07, 6.45) is 2.27. The molecule has 1 N–H and O–H groups in total. The molecule has 0 aromatic carbocycles. The second kappa shape index (κ2) is 7.41. The van der Waals surface area contributed by atoms with Gasteiger partial charge in [-0.05, 0) is 13.3 Å². The Labute approximate surface area is 101 Å². The highest BCUT2D eigenvalue weighted by Gasteiger charge is 1.98. The van der Waals surface area contributed by atoms with Gasteiger partial charge < -0.3 is 10.1 Å². The van der Waals surface area contributed by atoms with E-state index in [9.17, 15) is 0 Å². The van der Waals surface area contributed by atoms with Gasteiger partial charge >= 0.3 is 0 Å². The highest BCUT2D eigenvalue weighted by molar-refractivity contribution is 6.29. The molecule has 0 spiro atoms. The highest BCUT2D eigenvalue weighted by Crippen LogP contribution is 2.10. The number of hydrogen-bond donors (Lipinski definition) is 1. The Morgan fingerprint density at radius 3 is 2.88 bits per heavy atom. The number of halogens is 1. The molecule has 0 saturated heterocycles. The van der Waals surface area contributed by atoms with Crippen molar-refractivity contribution in [1.82, 2.24) is 9.97 Å². The SMILES string of the molecule is CCCCOCCNc1cc(Cl)nc(C)n1. The summed E-state index contributed by atoms with van der Waals surface area (Å²) in [5.74, 6) is 1.42. The molecule has 0 bridgehead atoms. The molecule has 0 aliphatic heterocycles. The van der Waals surface area contributed by atoms with E-state index in [0.717, 1.165) is 31.8 Å². The molecule has 1 aromatic rings. The van der Waals surface area contributed by atoms with Crippen molar-refractivity contribution in [3.63, 3.8) is 0 Å². The Balaban J connectivity index is 2.21. The van der Waals surface area contributed by atoms with Crippen LogP contribution < -0.4 is 5.32 Å². The van der Waals surface area contributed by atoms with E-state index in [2.05, 4.69) is 22.2 Å². The number of aromatic nitrogens is 2. The van der Waals surface area contributed by atoms with Crippen molar-refractivity contribution < 1.29 is 4.74 Å². The van der Waals surface area contributed by atoms with Gasteiger partial charge in [-0.3, -0.25) is 0 Å². The van der Waals surface area contributed by atoms with Gasteiger partial charge in [-0.2, -0.15) is 0 Å². The lowest BCUT2D eigenvalue weighted by Gasteiger charge is -2.07. The zero-order valence-electron chi connectivity index (χ0n) is 9.79. The van der Waals surface area contributed by atoms with Gasteiger partial charge in [0.2, 0.25) is 0 Å². The van der Waals surface area contributed by atoms with Crippen LogP contribution in [0, 0.1) is 6.92 Å². The van der Waals surface area contributed by atoms with E-state index in [1.54, 1.807) is 6.07 Å². The summed E-state index contributed by atoms with van der Waals surface area (Å²) in [5, 5.41) is 3.60. The molecule has 4 nitrogen and oxygen atoms in total. The maximum atomic E-state index is 5.81. The molecule has 1 rings (SSSR count). The summed E-state index contributed by atoms with van der Waals surface area (Å²) in [6.45, 7) is 6.20. The van der Waals surface area contributed by atoms with Gasteiger partial charge in [-0.15, -0.1) is 0 Å². The van der Waals surface area contributed by atoms with E-state index in [1.807, 2.05) is 6.92 Å². The second-order valence-corrected chi connectivity index (χ2v) is 3.90. The number of hydrogen-bond acceptors (Lipinski definition) is 4. The van der Waals surface area contributed by atoms with Crippen LogP contribution in [0.15, 0.2) is 6.07 Å². The first-order valence-electron chi connectivity index (χ1n) is 5.55. The molecule has 0 unspecified atom stereocenters. The zero-order chi connectivity index (χ0) is 11.8. The van der Waals surface area contributed by atoms with Crippen molar-refractivity contribution in [2.24, 2.45) is 0 Å². The maximum absolute atomic E-state index is 5.81. The third kappa shape index (κ3) is 5.28. The number of aryl methyl sites for hydroxylation is 1. The topological polar surface area (TPSA) is 47.0 Å². The zero-order valence-corrected chi connectivity index (χ0v) is 10.5. The van der Waals surface area contributed by atoms with Gasteiger partial charge in [0.1, 0.15) is 16.8 Å². The fraction of sp³-hybridized carbons (Fsp3) is 0.636. The predicted octanol–water partition coefficient (Wildman–Crippen LogP) is 2.67. The standard InChI is InChI=1S/C11H18ClN3O/c1-3-4-6-16-7-5-13-11-8-10(12)14-9(2)15-11/h8H,3-7H2,1-2H3,(H,13,14,15). The normalized spacial score (nSPS) is 10.4. The van der Waals surface area contributed by atoms with E-state index in [0.29, 0.717) is 17.6 Å². The molecule has 1 aromatic heterocycles. The first-order chi connectivity index (χ1) is 7.72. The number of nitrogens with zero attached hydrogens (tertiary/aromatic N) is 2. The third-order valence-corrected chi connectivity index (χ3v) is 2.20. The van der Waals surface area contributed by atoms with Crippen molar-refractivity contribution in [2.45, 2.75) is 26.7 Å². The number of rotatable bonds is 7. The molecule has 16 heavy (non-hydrogen) atoms. The molecule has 0 atom stereocenters. The van der Waals surface area contributed by atoms with Crippen LogP contribution in [-0.2, 0) is 4.74 Å². The molecule has 0 saturated carbocycles. The van der Waals surface area contributed by atoms with Crippen molar-refractivity contribution in [2.75, 3.05) is 25.1 Å². The minimum atomic E-state index is 0.460. The Morgan fingerprint density at radius 1 is 1.38 bits per heavy atom. The first kappa shape index (κ1) is 13.2. The van der Waals surface area contributed by atoms with E-state index in [1.165, 1.54) is 0 Å². The van der Waals surface area contributed by atoms with Crippen molar-refractivity contribution >= 4 is 17.4 Å². The fourth-order valence-electron chi connectivity index (χ4n) is 1.22. The summed E-state index contributed by atoms with van der Waals surface area (Å²) in [5.41, 5.74) is 0. The van der Waals surface area contributed by atoms with Crippen molar-refractivity contribution in [3.05, 3.63) is 17.0 Å². The van der Waals surface area contributed by atoms with Crippen LogP contribution in [0.1, 0.15) is 25.6 Å². The Hall–Kier alpha value is -0.870. The Morgan fingerprint density at radius 2 is 2.19 bits per heavy atom. The lowest BCUT2D eigenvalue weighted by molar-refractivity contribution is 0.141. The average molecular weight is 244 g/mol. The van der Waals surface area contributed by atoms with E-state index >= 15 is 0 Å². The summed E-state index contributed by atoms with van der Waals surface area (Å²) in [4.78, 5) is 8.19. The van der Waals surface area contributed by atoms with E-state index in [-0.39, 0.29) is 0 Å². The van der Waals surface area contributed by atoms with E-state index < -0.39 is 0 Å². The van der Waals surface area contributed by atoms with Crippen molar-refractivity contribution in [3.8, 4) is 0 Å². The second-order valence-electron chi connectivity index (χ2n) is 3.52. The number of nitrogens with one attached hydrogen (secondary N) is 1. The minimum Gasteiger partial charge on any atom is -0.380 e. The molecule has 0 fully saturated rings. The van der Waals surface area contributed by atoms with Crippen LogP contribution in [0.5, 0.6) is 0 Å². The third-order valence-electron chi connectivity index (χ3n) is 2.00. The summed E-state index contributed by atoms with van der Waals surface area (Å²) in [7, 11) is 0. The van der Waals surface area contributed by atoms with Gasteiger partial charge in [0.25, 0.3) is 0 Å². The monoisotopic (exact) mass is 243 g/mol. The van der Waals surface area contributed by atoms with Crippen LogP contribution in [-0.4, -0.2) is 29.7 Å². The van der Waals surface area contributed by atoms with Crippen LogP contribution in [0.4, 0.5) is 5.82 Å². The quantitative estimate of drug-likeness (QED) is 0.591. The minimum absolute atomic E-state index is 0.460. The summed E-state index contributed by atoms with van der Waals surface area (Å²) < 4.78 is 5.42. The van der Waals surface area contributed by atoms with Gasteiger partial charge in [0.05, 0.1) is 6.61 Å². The van der Waals surface area contributed by atoms with Crippen LogP contribution in [0.3, 0.4) is 0 Å². The number of unbranched alkanes of at least 4 members (excludes halogenated alkanes) is 1. The highest BCUT2D eigenvalue weighted by atomic mass is 35.5. The van der Waals surface area contributed by atoms with Gasteiger partial charge in [-0.25, -0.2) is 9.97 Å². The molecule has 1 heterocycles. The van der Waals surface area contributed by atoms with Crippen LogP contribution in [0.25, 0.3) is 0 Å². The molecular formula is C11H18ClN3O. The Kier molecular flexibility index (Phi) is 6.11. The lowest BCUT2D eigenvalue weighted by atomic mass is 10.4. The fourth-order valence-corrected chi connectivity index (χ4v) is 1.45. The predicted molar refractivity (Wildman–Crippen MR) is 66.0 cm³/mol. The maximum Gasteiger partial charge on any atom is 0.134 e. The van der Waals surface area contributed by atoms with Crippen molar-refractivity contribution in [1.29, 1.82) is 0 Å². The molecule has 0 amide bonds. The van der Waals surface area contributed by atoms with Crippen LogP contribution >= 0.6 is 11.6 Å². The lowest BCUT2D eigenvalue weighted by Crippen LogP contribution is -2.11. The molecule has 0 aliphatic carbocycles. The largest absolute Gasteiger partial charge is 0.380 e. The molecule has 0 aliphatic rings. The number of ether oxygens (including phenoxy) is 1. The summed E-state index contributed by atoms with van der Waals surface area (Å²) in [6, 6.07) is 1.71. The smallest absolute Gasteiger partial charge is 0.134 e. The van der Waals surface area contributed by atoms with Crippen LogP contribution in [0.2, 0.25) is 5.15 Å². The molecule has 5 heteroatoms. The first-order valence-corrected chi connectivity index (χ1v) is 5.93. The summed E-state index contributed by atoms with van der Waals surface area (Å²) >= 11 is 5.81. The number of anilines is 1. The van der Waals surface area contributed by atoms with Gasteiger partial charge in [0, 0.05) is 19.2 Å². The van der Waals surface area contributed by atoms with E-state index in [4.69, 9.17) is 16.3 Å². The van der Waals surface area contributed by atoms with Gasteiger partial charge in [-0.1, -0.05) is 24.9 Å². The molecule has 0 radical (unpaired) electrons.